The Hall–Kier alpha value is -5.14. The van der Waals surface area contributed by atoms with Crippen LogP contribution in [0.15, 0.2) is 17.8 Å². The summed E-state index contributed by atoms with van der Waals surface area (Å²) in [6, 6.07) is -0.935. The summed E-state index contributed by atoms with van der Waals surface area (Å²) in [5.41, 5.74) is 3.98. The number of hydrogen-bond acceptors (Lipinski definition) is 12. The molecule has 0 aromatic carbocycles. The average Bonchev–Trinajstić information content (AvgIpc) is 3.71. The highest BCUT2D eigenvalue weighted by atomic mass is 35.5. The van der Waals surface area contributed by atoms with Gasteiger partial charge in [0.2, 0.25) is 29.6 Å². The Bertz CT molecular complexity index is 2080. The number of aromatic nitrogens is 4. The molecule has 2 aliphatic heterocycles. The van der Waals surface area contributed by atoms with Gasteiger partial charge in [-0.05, 0) is 82.2 Å². The summed E-state index contributed by atoms with van der Waals surface area (Å²) in [6.45, 7) is 1.27. The maximum absolute atomic E-state index is 12.9. The Labute approximate surface area is 350 Å². The molecule has 316 valence electrons. The quantitative estimate of drug-likeness (QED) is 0.0802. The van der Waals surface area contributed by atoms with Gasteiger partial charge in [0.25, 0.3) is 5.91 Å². The van der Waals surface area contributed by atoms with E-state index in [2.05, 4.69) is 36.7 Å². The molecule has 0 radical (unpaired) electrons. The first-order valence-electron chi connectivity index (χ1n) is 20.2. The number of anilines is 1. The Morgan fingerprint density at radius 1 is 1.00 bits per heavy atom. The minimum atomic E-state index is -1.13. The summed E-state index contributed by atoms with van der Waals surface area (Å²) in [4.78, 5) is 87.0. The molecule has 3 fully saturated rings. The second-order valence-electron chi connectivity index (χ2n) is 15.7. The highest BCUT2D eigenvalue weighted by Crippen LogP contribution is 2.37. The number of carbonyl (C=O) groups is 6. The molecule has 20 heteroatoms. The summed E-state index contributed by atoms with van der Waals surface area (Å²) in [5.74, 6) is -0.486. The molecule has 5 heterocycles. The van der Waals surface area contributed by atoms with Gasteiger partial charge in [-0.1, -0.05) is 11.6 Å². The van der Waals surface area contributed by atoms with Crippen molar-refractivity contribution < 1.29 is 33.9 Å². The van der Waals surface area contributed by atoms with Crippen LogP contribution >= 0.6 is 22.9 Å². The minimum Gasteiger partial charge on any atom is -0.465 e. The van der Waals surface area contributed by atoms with Crippen molar-refractivity contribution in [2.24, 2.45) is 13.0 Å². The summed E-state index contributed by atoms with van der Waals surface area (Å²) < 4.78 is 1.88. The number of halogens is 1. The van der Waals surface area contributed by atoms with Crippen LogP contribution in [-0.4, -0.2) is 115 Å². The second kappa shape index (κ2) is 18.8. The number of nitrogens with one attached hydrogen (secondary N) is 5. The summed E-state index contributed by atoms with van der Waals surface area (Å²) in [6.07, 6.45) is 9.98. The fourth-order valence-electron chi connectivity index (χ4n) is 8.00. The van der Waals surface area contributed by atoms with Crippen molar-refractivity contribution >= 4 is 64.5 Å². The smallest absolute Gasteiger partial charge is 0.408 e. The van der Waals surface area contributed by atoms with Gasteiger partial charge in [0, 0.05) is 60.2 Å². The van der Waals surface area contributed by atoms with E-state index in [9.17, 15) is 33.9 Å². The molecule has 6 amide bonds. The Morgan fingerprint density at radius 2 is 1.78 bits per heavy atom. The van der Waals surface area contributed by atoms with Gasteiger partial charge in [-0.15, -0.1) is 11.3 Å². The van der Waals surface area contributed by atoms with Crippen molar-refractivity contribution in [1.29, 1.82) is 0 Å². The zero-order chi connectivity index (χ0) is 41.6. The zero-order valence-corrected chi connectivity index (χ0v) is 34.5. The van der Waals surface area contributed by atoms with E-state index in [1.54, 1.807) is 17.8 Å². The molecule has 2 saturated carbocycles. The van der Waals surface area contributed by atoms with Gasteiger partial charge in [-0.25, -0.2) is 14.8 Å². The third-order valence-electron chi connectivity index (χ3n) is 11.5. The van der Waals surface area contributed by atoms with Crippen molar-refractivity contribution in [3.63, 3.8) is 0 Å². The van der Waals surface area contributed by atoms with E-state index in [1.165, 1.54) is 34.0 Å². The number of thiophene rings is 1. The normalized spacial score (nSPS) is 20.3. The van der Waals surface area contributed by atoms with E-state index in [0.29, 0.717) is 79.8 Å². The fourth-order valence-corrected chi connectivity index (χ4v) is 9.17. The highest BCUT2D eigenvalue weighted by Gasteiger charge is 2.40. The number of piperidine rings is 1. The predicted molar refractivity (Wildman–Crippen MR) is 217 cm³/mol. The summed E-state index contributed by atoms with van der Waals surface area (Å²) >= 11 is 7.93. The van der Waals surface area contributed by atoms with Crippen LogP contribution in [0.25, 0.3) is 11.3 Å². The number of nitrogens with zero attached hydrogens (tertiary/aromatic N) is 6. The van der Waals surface area contributed by atoms with Crippen molar-refractivity contribution in [3.8, 4) is 11.3 Å². The molecule has 2 aliphatic carbocycles. The molecular weight excluding hydrogens is 802 g/mol. The van der Waals surface area contributed by atoms with Crippen molar-refractivity contribution in [3.05, 3.63) is 44.5 Å². The zero-order valence-electron chi connectivity index (χ0n) is 32.9. The Morgan fingerprint density at radius 3 is 2.53 bits per heavy atom. The number of fused-ring (bicyclic) bond motifs is 1. The number of imide groups is 1. The number of carbonyl (C=O) groups excluding carboxylic acids is 5. The molecule has 1 saturated heterocycles. The standard InChI is InChI=1S/C39H50ClN11O7S/c1-49-30(14-22-4-5-22)25(15-45-49)35-28(40)16-44-38(48-35)46-23-6-8-24(9-7-23)50(39(57)58)20-34(54)42-13-3-2-12-41-18-33(53)43-17-31-26-19-51(37(56)27(26)21-59-31)29-10-11-32(52)47-36(29)55/h15-16,21-24,29,41H,2-14,17-20H2,1H3,(H,42,54)(H,43,53)(H,57,58)(H,44,46,48)(H,47,52,55)/t23-,24-,29?. The number of rotatable bonds is 18. The first kappa shape index (κ1) is 42.0. The number of unbranched alkanes of at least 4 members (excludes halogenated alkanes) is 1. The second-order valence-corrected chi connectivity index (χ2v) is 17.1. The minimum absolute atomic E-state index is 0.0397. The van der Waals surface area contributed by atoms with Gasteiger partial charge >= 0.3 is 6.09 Å². The largest absolute Gasteiger partial charge is 0.465 e. The van der Waals surface area contributed by atoms with Gasteiger partial charge in [0.15, 0.2) is 0 Å². The first-order valence-corrected chi connectivity index (χ1v) is 21.5. The molecule has 0 spiro atoms. The van der Waals surface area contributed by atoms with Crippen LogP contribution < -0.4 is 26.6 Å². The molecule has 1 atom stereocenters. The van der Waals surface area contributed by atoms with Crippen LogP contribution in [0.3, 0.4) is 0 Å². The molecule has 6 N–H and O–H groups in total. The Balaban J connectivity index is 0.766. The molecule has 7 rings (SSSR count). The highest BCUT2D eigenvalue weighted by molar-refractivity contribution is 7.10. The molecule has 59 heavy (non-hydrogen) atoms. The molecule has 3 aromatic rings. The van der Waals surface area contributed by atoms with Crippen molar-refractivity contribution in [1.82, 2.24) is 50.8 Å². The third kappa shape index (κ3) is 10.4. The lowest BCUT2D eigenvalue weighted by molar-refractivity contribution is -0.137. The van der Waals surface area contributed by atoms with E-state index in [-0.39, 0.29) is 74.7 Å². The molecule has 0 bridgehead atoms. The Kier molecular flexibility index (Phi) is 13.4. The maximum Gasteiger partial charge on any atom is 0.408 e. The van der Waals surface area contributed by atoms with Gasteiger partial charge in [0.05, 0.1) is 41.8 Å². The number of hydrogen-bond donors (Lipinski definition) is 6. The number of carboxylic acid groups (broad SMARTS) is 1. The van der Waals surface area contributed by atoms with Crippen molar-refractivity contribution in [2.45, 2.75) is 102 Å². The summed E-state index contributed by atoms with van der Waals surface area (Å²) in [7, 11) is 1.93. The fraction of sp³-hybridized carbons (Fsp3) is 0.564. The van der Waals surface area contributed by atoms with Crippen LogP contribution in [0.4, 0.5) is 10.7 Å². The SMILES string of the molecule is Cn1ncc(-c2nc(N[C@H]3CC[C@H](N(CC(=O)NCCCCNCC(=O)NCc4scc5c4CN(C4CCC(=O)NC4=O)C5=O)C(=O)O)CC3)ncc2Cl)c1CC1CC1. The predicted octanol–water partition coefficient (Wildman–Crippen LogP) is 2.81. The molecule has 4 aliphatic rings. The molecule has 18 nitrogen and oxygen atoms in total. The van der Waals surface area contributed by atoms with Crippen LogP contribution in [0.2, 0.25) is 5.02 Å². The van der Waals surface area contributed by atoms with E-state index in [1.807, 2.05) is 11.7 Å². The van der Waals surface area contributed by atoms with Crippen LogP contribution in [0.5, 0.6) is 0 Å². The lowest BCUT2D eigenvalue weighted by Gasteiger charge is -2.35. The number of aryl methyl sites for hydroxylation is 1. The third-order valence-corrected chi connectivity index (χ3v) is 12.8. The van der Waals surface area contributed by atoms with E-state index < -0.39 is 18.0 Å². The van der Waals surface area contributed by atoms with Crippen LogP contribution in [0.1, 0.15) is 90.7 Å². The first-order chi connectivity index (χ1) is 28.4. The van der Waals surface area contributed by atoms with Gasteiger partial charge in [-0.2, -0.15) is 5.10 Å². The maximum atomic E-state index is 12.9. The van der Waals surface area contributed by atoms with Gasteiger partial charge < -0.3 is 31.3 Å². The van der Waals surface area contributed by atoms with E-state index in [0.717, 1.165) is 28.1 Å². The van der Waals surface area contributed by atoms with Gasteiger partial charge in [-0.3, -0.25) is 38.9 Å². The average molecular weight is 852 g/mol. The lowest BCUT2D eigenvalue weighted by atomic mass is 9.90. The van der Waals surface area contributed by atoms with Crippen molar-refractivity contribution in [2.75, 3.05) is 31.5 Å². The van der Waals surface area contributed by atoms with Crippen LogP contribution in [0, 0.1) is 5.92 Å². The monoisotopic (exact) mass is 851 g/mol. The van der Waals surface area contributed by atoms with Crippen LogP contribution in [-0.2, 0) is 45.7 Å². The molecule has 3 aromatic heterocycles. The molecular formula is C39H50ClN11O7S. The summed E-state index contributed by atoms with van der Waals surface area (Å²) in [5, 5.41) is 31.1. The van der Waals surface area contributed by atoms with E-state index in [4.69, 9.17) is 16.6 Å². The number of amides is 6. The van der Waals surface area contributed by atoms with E-state index >= 15 is 0 Å². The lowest BCUT2D eigenvalue weighted by Crippen LogP contribution is -2.52. The topological polar surface area (TPSA) is 233 Å². The molecule has 1 unspecified atom stereocenters. The van der Waals surface area contributed by atoms with Gasteiger partial charge in [0.1, 0.15) is 12.6 Å².